The third kappa shape index (κ3) is 4.58. The van der Waals surface area contributed by atoms with Crippen LogP contribution in [0.3, 0.4) is 0 Å². The second-order valence-electron chi connectivity index (χ2n) is 6.27. The van der Waals surface area contributed by atoms with Crippen LogP contribution in [0.15, 0.2) is 42.5 Å². The summed E-state index contributed by atoms with van der Waals surface area (Å²) in [5, 5.41) is 2.45. The lowest BCUT2D eigenvalue weighted by molar-refractivity contribution is -0.123. The third-order valence-electron chi connectivity index (χ3n) is 4.25. The molecular formula is C19H17ClFN3O4. The fourth-order valence-corrected chi connectivity index (χ4v) is 2.97. The van der Waals surface area contributed by atoms with Gasteiger partial charge in [-0.05, 0) is 42.5 Å². The molecule has 3 amide bonds. The van der Waals surface area contributed by atoms with E-state index >= 15 is 0 Å². The Kier molecular flexibility index (Phi) is 5.79. The predicted octanol–water partition coefficient (Wildman–Crippen LogP) is 2.33. The highest BCUT2D eigenvalue weighted by Gasteiger charge is 2.33. The van der Waals surface area contributed by atoms with Gasteiger partial charge < -0.3 is 20.7 Å². The number of carbonyl (C=O) groups excluding carboxylic acids is 3. The number of nitrogens with two attached hydrogens (primary N) is 1. The summed E-state index contributed by atoms with van der Waals surface area (Å²) in [6.45, 7) is -0.0161. The van der Waals surface area contributed by atoms with Gasteiger partial charge in [0.2, 0.25) is 11.8 Å². The second kappa shape index (κ2) is 8.26. The maximum absolute atomic E-state index is 13.1. The molecule has 0 spiro atoms. The van der Waals surface area contributed by atoms with Gasteiger partial charge in [0.05, 0.1) is 10.9 Å². The Balaban J connectivity index is 1.54. The molecule has 1 aliphatic heterocycles. The zero-order valence-electron chi connectivity index (χ0n) is 14.7. The van der Waals surface area contributed by atoms with Crippen molar-refractivity contribution in [1.82, 2.24) is 0 Å². The van der Waals surface area contributed by atoms with Crippen LogP contribution >= 0.6 is 11.6 Å². The van der Waals surface area contributed by atoms with Crippen molar-refractivity contribution in [1.29, 1.82) is 0 Å². The Bertz CT molecular complexity index is 920. The Morgan fingerprint density at radius 1 is 1.25 bits per heavy atom. The van der Waals surface area contributed by atoms with Crippen molar-refractivity contribution in [3.8, 4) is 5.75 Å². The summed E-state index contributed by atoms with van der Waals surface area (Å²) in [7, 11) is 0. The van der Waals surface area contributed by atoms with Crippen LogP contribution in [0.1, 0.15) is 6.42 Å². The fraction of sp³-hybridized carbons (Fsp3) is 0.211. The number of nitrogens with one attached hydrogen (secondary N) is 1. The van der Waals surface area contributed by atoms with Crippen LogP contribution in [0.5, 0.6) is 5.75 Å². The largest absolute Gasteiger partial charge is 0.484 e. The molecule has 1 fully saturated rings. The van der Waals surface area contributed by atoms with Crippen molar-refractivity contribution < 1.29 is 23.5 Å². The van der Waals surface area contributed by atoms with Gasteiger partial charge in [0, 0.05) is 24.3 Å². The lowest BCUT2D eigenvalue weighted by Gasteiger charge is -2.16. The van der Waals surface area contributed by atoms with E-state index in [-0.39, 0.29) is 30.5 Å². The van der Waals surface area contributed by atoms with E-state index < -0.39 is 23.5 Å². The van der Waals surface area contributed by atoms with E-state index in [4.69, 9.17) is 22.1 Å². The van der Waals surface area contributed by atoms with Gasteiger partial charge in [0.25, 0.3) is 5.91 Å². The number of hydrogen-bond donors (Lipinski definition) is 2. The quantitative estimate of drug-likeness (QED) is 0.770. The molecule has 146 valence electrons. The average Bonchev–Trinajstić information content (AvgIpc) is 3.06. The van der Waals surface area contributed by atoms with Gasteiger partial charge in [-0.1, -0.05) is 11.6 Å². The van der Waals surface area contributed by atoms with Gasteiger partial charge in [-0.2, -0.15) is 0 Å². The molecule has 1 atom stereocenters. The topological polar surface area (TPSA) is 102 Å². The van der Waals surface area contributed by atoms with Crippen LogP contribution in [0.25, 0.3) is 0 Å². The minimum absolute atomic E-state index is 0.0932. The number of primary amides is 1. The van der Waals surface area contributed by atoms with Gasteiger partial charge in [-0.15, -0.1) is 0 Å². The normalized spacial score (nSPS) is 16.1. The molecule has 0 bridgehead atoms. The number of carbonyl (C=O) groups is 3. The first-order chi connectivity index (χ1) is 13.3. The van der Waals surface area contributed by atoms with E-state index in [1.54, 1.807) is 24.3 Å². The Morgan fingerprint density at radius 2 is 1.96 bits per heavy atom. The fourth-order valence-electron chi connectivity index (χ4n) is 2.79. The molecule has 1 saturated heterocycles. The maximum Gasteiger partial charge on any atom is 0.262 e. The minimum atomic E-state index is -0.574. The number of amides is 3. The molecule has 0 aromatic heterocycles. The van der Waals surface area contributed by atoms with Crippen molar-refractivity contribution in [2.75, 3.05) is 23.4 Å². The van der Waals surface area contributed by atoms with E-state index in [1.165, 1.54) is 17.0 Å². The lowest BCUT2D eigenvalue weighted by Crippen LogP contribution is -2.28. The molecule has 1 heterocycles. The second-order valence-corrected chi connectivity index (χ2v) is 6.67. The van der Waals surface area contributed by atoms with E-state index in [0.717, 1.165) is 6.07 Å². The Hall–Kier alpha value is -3.13. The van der Waals surface area contributed by atoms with Crippen LogP contribution in [0.4, 0.5) is 15.8 Å². The number of ether oxygens (including phenoxy) is 1. The van der Waals surface area contributed by atoms with Crippen LogP contribution in [-0.4, -0.2) is 30.9 Å². The first kappa shape index (κ1) is 19.6. The molecule has 9 heteroatoms. The van der Waals surface area contributed by atoms with Crippen LogP contribution < -0.4 is 20.7 Å². The molecular weight excluding hydrogens is 389 g/mol. The van der Waals surface area contributed by atoms with Crippen LogP contribution in [-0.2, 0) is 14.4 Å². The summed E-state index contributed by atoms with van der Waals surface area (Å²) in [5.41, 5.74) is 6.23. The molecule has 2 aromatic rings. The number of nitrogens with zero attached hydrogens (tertiary/aromatic N) is 1. The van der Waals surface area contributed by atoms with Gasteiger partial charge in [-0.3, -0.25) is 14.4 Å². The number of rotatable bonds is 6. The zero-order chi connectivity index (χ0) is 20.3. The Labute approximate surface area is 165 Å². The zero-order valence-corrected chi connectivity index (χ0v) is 15.4. The van der Waals surface area contributed by atoms with Crippen molar-refractivity contribution in [3.63, 3.8) is 0 Å². The average molecular weight is 406 g/mol. The number of anilines is 2. The maximum atomic E-state index is 13.1. The summed E-state index contributed by atoms with van der Waals surface area (Å²) in [5.74, 6) is -1.75. The first-order valence-electron chi connectivity index (χ1n) is 8.41. The van der Waals surface area contributed by atoms with Gasteiger partial charge >= 0.3 is 0 Å². The molecule has 1 aliphatic rings. The summed E-state index contributed by atoms with van der Waals surface area (Å²) in [6.07, 6.45) is 0.0984. The summed E-state index contributed by atoms with van der Waals surface area (Å²) in [6, 6.07) is 10.4. The van der Waals surface area contributed by atoms with Crippen LogP contribution in [0, 0.1) is 11.7 Å². The summed E-state index contributed by atoms with van der Waals surface area (Å²) < 4.78 is 18.5. The summed E-state index contributed by atoms with van der Waals surface area (Å²) in [4.78, 5) is 36.7. The summed E-state index contributed by atoms with van der Waals surface area (Å²) >= 11 is 5.66. The van der Waals surface area contributed by atoms with Crippen molar-refractivity contribution in [2.24, 2.45) is 11.7 Å². The molecule has 0 radical (unpaired) electrons. The minimum Gasteiger partial charge on any atom is -0.484 e. The predicted molar refractivity (Wildman–Crippen MR) is 102 cm³/mol. The molecule has 3 N–H and O–H groups in total. The van der Waals surface area contributed by atoms with Crippen molar-refractivity contribution >= 4 is 40.7 Å². The van der Waals surface area contributed by atoms with Gasteiger partial charge in [0.1, 0.15) is 11.6 Å². The van der Waals surface area contributed by atoms with Gasteiger partial charge in [-0.25, -0.2) is 4.39 Å². The smallest absolute Gasteiger partial charge is 0.262 e. The van der Waals surface area contributed by atoms with E-state index in [2.05, 4.69) is 5.32 Å². The van der Waals surface area contributed by atoms with Crippen molar-refractivity contribution in [2.45, 2.75) is 6.42 Å². The van der Waals surface area contributed by atoms with Gasteiger partial charge in [0.15, 0.2) is 6.61 Å². The van der Waals surface area contributed by atoms with E-state index in [1.807, 2.05) is 0 Å². The molecule has 7 nitrogen and oxygen atoms in total. The molecule has 0 unspecified atom stereocenters. The van der Waals surface area contributed by atoms with E-state index in [9.17, 15) is 18.8 Å². The molecule has 28 heavy (non-hydrogen) atoms. The number of halogens is 2. The third-order valence-corrected chi connectivity index (χ3v) is 4.54. The molecule has 2 aromatic carbocycles. The first-order valence-corrected chi connectivity index (χ1v) is 8.78. The monoisotopic (exact) mass is 405 g/mol. The number of benzene rings is 2. The standard InChI is InChI=1S/C19H17ClFN3O4/c20-15-8-12(1-6-16(15)21)23-17(25)10-28-14-4-2-13(3-5-14)24-9-11(19(22)27)7-18(24)26/h1-6,8,11H,7,9-10H2,(H2,22,27)(H,23,25)/t11-/m1/s1. The van der Waals surface area contributed by atoms with Crippen LogP contribution in [0.2, 0.25) is 5.02 Å². The Morgan fingerprint density at radius 3 is 2.57 bits per heavy atom. The van der Waals surface area contributed by atoms with E-state index in [0.29, 0.717) is 17.1 Å². The SMILES string of the molecule is NC(=O)[C@@H]1CC(=O)N(c2ccc(OCC(=O)Nc3ccc(F)c(Cl)c3)cc2)C1. The highest BCUT2D eigenvalue weighted by atomic mass is 35.5. The highest BCUT2D eigenvalue weighted by molar-refractivity contribution is 6.31. The number of hydrogen-bond acceptors (Lipinski definition) is 4. The highest BCUT2D eigenvalue weighted by Crippen LogP contribution is 2.26. The lowest BCUT2D eigenvalue weighted by atomic mass is 10.1. The molecule has 3 rings (SSSR count). The molecule has 0 aliphatic carbocycles. The van der Waals surface area contributed by atoms with Crippen molar-refractivity contribution in [3.05, 3.63) is 53.3 Å². The molecule has 0 saturated carbocycles.